The minimum Gasteiger partial charge on any atom is -0.324 e. The molecule has 1 saturated heterocycles. The SMILES string of the molecule is NNC(=O)[C@H]1CCCN(S(=O)(=O)c2ccc(NN)cc2)C1. The topological polar surface area (TPSA) is 131 Å². The highest BCUT2D eigenvalue weighted by molar-refractivity contribution is 7.89. The smallest absolute Gasteiger partial charge is 0.243 e. The maximum absolute atomic E-state index is 12.6. The number of hydrazine groups is 2. The number of nitrogens with two attached hydrogens (primary N) is 2. The molecule has 1 amide bonds. The third-order valence-corrected chi connectivity index (χ3v) is 5.44. The lowest BCUT2D eigenvalue weighted by Crippen LogP contribution is -2.46. The standard InChI is InChI=1S/C12H19N5O3S/c13-15-10-3-5-11(6-4-10)21(19,20)17-7-1-2-9(8-17)12(18)16-14/h3-6,9,15H,1-2,7-8,13-14H2,(H,16,18)/t9-/m0/s1. The van der Waals surface area contributed by atoms with Gasteiger partial charge in [0.15, 0.2) is 0 Å². The van der Waals surface area contributed by atoms with Crippen LogP contribution in [0.15, 0.2) is 29.2 Å². The maximum Gasteiger partial charge on any atom is 0.243 e. The summed E-state index contributed by atoms with van der Waals surface area (Å²) in [5.74, 6) is 9.62. The first-order valence-electron chi connectivity index (χ1n) is 6.56. The van der Waals surface area contributed by atoms with Gasteiger partial charge in [-0.3, -0.25) is 16.1 Å². The summed E-state index contributed by atoms with van der Waals surface area (Å²) in [6.07, 6.45) is 1.25. The minimum atomic E-state index is -3.62. The third kappa shape index (κ3) is 3.32. The van der Waals surface area contributed by atoms with Gasteiger partial charge >= 0.3 is 0 Å². The normalized spacial score (nSPS) is 20.0. The Morgan fingerprint density at radius 1 is 1.24 bits per heavy atom. The van der Waals surface area contributed by atoms with Gasteiger partial charge in [-0.05, 0) is 37.1 Å². The average Bonchev–Trinajstić information content (AvgIpc) is 2.54. The van der Waals surface area contributed by atoms with Crippen LogP contribution in [0.5, 0.6) is 0 Å². The molecular formula is C12H19N5O3S. The lowest BCUT2D eigenvalue weighted by atomic mass is 9.99. The van der Waals surface area contributed by atoms with Gasteiger partial charge in [-0.15, -0.1) is 0 Å². The van der Waals surface area contributed by atoms with E-state index >= 15 is 0 Å². The van der Waals surface area contributed by atoms with Gasteiger partial charge in [0, 0.05) is 18.8 Å². The van der Waals surface area contributed by atoms with Gasteiger partial charge in [0.05, 0.1) is 10.8 Å². The fourth-order valence-corrected chi connectivity index (χ4v) is 3.89. The molecule has 1 aromatic rings. The molecule has 116 valence electrons. The number of nitrogens with one attached hydrogen (secondary N) is 2. The van der Waals surface area contributed by atoms with Crippen molar-refractivity contribution in [3.8, 4) is 0 Å². The van der Waals surface area contributed by atoms with E-state index in [0.717, 1.165) is 0 Å². The van der Waals surface area contributed by atoms with E-state index in [2.05, 4.69) is 10.9 Å². The molecule has 1 aliphatic rings. The van der Waals surface area contributed by atoms with Gasteiger partial charge in [-0.1, -0.05) is 0 Å². The summed E-state index contributed by atoms with van der Waals surface area (Å²) in [7, 11) is -3.62. The fourth-order valence-electron chi connectivity index (χ4n) is 2.36. The van der Waals surface area contributed by atoms with Crippen LogP contribution < -0.4 is 22.5 Å². The van der Waals surface area contributed by atoms with E-state index in [1.807, 2.05) is 0 Å². The highest BCUT2D eigenvalue weighted by atomic mass is 32.2. The van der Waals surface area contributed by atoms with E-state index in [-0.39, 0.29) is 17.3 Å². The van der Waals surface area contributed by atoms with Crippen molar-refractivity contribution in [1.82, 2.24) is 9.73 Å². The van der Waals surface area contributed by atoms with Crippen LogP contribution in [0.4, 0.5) is 5.69 Å². The number of nitrogens with zero attached hydrogens (tertiary/aromatic N) is 1. The van der Waals surface area contributed by atoms with Crippen LogP contribution in [0, 0.1) is 5.92 Å². The predicted octanol–water partition coefficient (Wildman–Crippen LogP) is -0.637. The number of anilines is 1. The number of piperidine rings is 1. The second-order valence-corrected chi connectivity index (χ2v) is 6.82. The molecule has 1 fully saturated rings. The highest BCUT2D eigenvalue weighted by Gasteiger charge is 2.32. The molecule has 1 aromatic carbocycles. The number of carbonyl (C=O) groups is 1. The molecule has 0 radical (unpaired) electrons. The van der Waals surface area contributed by atoms with Crippen molar-refractivity contribution >= 4 is 21.6 Å². The van der Waals surface area contributed by atoms with E-state index in [1.54, 1.807) is 12.1 Å². The summed E-state index contributed by atoms with van der Waals surface area (Å²) in [6.45, 7) is 0.538. The van der Waals surface area contributed by atoms with Crippen molar-refractivity contribution < 1.29 is 13.2 Å². The van der Waals surface area contributed by atoms with Crippen LogP contribution >= 0.6 is 0 Å². The van der Waals surface area contributed by atoms with E-state index in [4.69, 9.17) is 11.7 Å². The zero-order valence-electron chi connectivity index (χ0n) is 11.5. The number of sulfonamides is 1. The van der Waals surface area contributed by atoms with E-state index in [9.17, 15) is 13.2 Å². The van der Waals surface area contributed by atoms with Crippen molar-refractivity contribution in [2.75, 3.05) is 18.5 Å². The number of benzene rings is 1. The number of hydrogen-bond donors (Lipinski definition) is 4. The lowest BCUT2D eigenvalue weighted by molar-refractivity contribution is -0.126. The van der Waals surface area contributed by atoms with Crippen molar-refractivity contribution in [3.05, 3.63) is 24.3 Å². The fraction of sp³-hybridized carbons (Fsp3) is 0.417. The number of rotatable bonds is 4. The summed E-state index contributed by atoms with van der Waals surface area (Å²) < 4.78 is 26.4. The quantitative estimate of drug-likeness (QED) is 0.332. The Labute approximate surface area is 123 Å². The van der Waals surface area contributed by atoms with Crippen molar-refractivity contribution in [3.63, 3.8) is 0 Å². The van der Waals surface area contributed by atoms with Crippen LogP contribution in [0.3, 0.4) is 0 Å². The van der Waals surface area contributed by atoms with Gasteiger partial charge in [-0.25, -0.2) is 14.3 Å². The zero-order chi connectivity index (χ0) is 15.5. The first kappa shape index (κ1) is 15.7. The minimum absolute atomic E-state index is 0.141. The van der Waals surface area contributed by atoms with Gasteiger partial charge in [-0.2, -0.15) is 4.31 Å². The monoisotopic (exact) mass is 313 g/mol. The molecule has 1 aliphatic heterocycles. The highest BCUT2D eigenvalue weighted by Crippen LogP contribution is 2.24. The van der Waals surface area contributed by atoms with Crippen LogP contribution in [-0.4, -0.2) is 31.7 Å². The molecule has 0 spiro atoms. The second-order valence-electron chi connectivity index (χ2n) is 4.88. The number of carbonyl (C=O) groups excluding carboxylic acids is 1. The largest absolute Gasteiger partial charge is 0.324 e. The van der Waals surface area contributed by atoms with Crippen molar-refractivity contribution in [1.29, 1.82) is 0 Å². The summed E-state index contributed by atoms with van der Waals surface area (Å²) in [4.78, 5) is 11.8. The van der Waals surface area contributed by atoms with Gasteiger partial charge in [0.2, 0.25) is 15.9 Å². The third-order valence-electron chi connectivity index (χ3n) is 3.56. The maximum atomic E-state index is 12.6. The Morgan fingerprint density at radius 3 is 2.48 bits per heavy atom. The Hall–Kier alpha value is -1.68. The number of hydrogen-bond acceptors (Lipinski definition) is 6. The van der Waals surface area contributed by atoms with Gasteiger partial charge < -0.3 is 5.43 Å². The molecule has 1 heterocycles. The molecule has 0 bridgehead atoms. The number of amides is 1. The average molecular weight is 313 g/mol. The molecule has 9 heteroatoms. The van der Waals surface area contributed by atoms with Crippen LogP contribution in [0.1, 0.15) is 12.8 Å². The first-order chi connectivity index (χ1) is 9.98. The van der Waals surface area contributed by atoms with Crippen molar-refractivity contribution in [2.45, 2.75) is 17.7 Å². The Balaban J connectivity index is 2.19. The zero-order valence-corrected chi connectivity index (χ0v) is 12.3. The molecule has 1 atom stereocenters. The number of nitrogen functional groups attached to an aromatic ring is 1. The van der Waals surface area contributed by atoms with Crippen LogP contribution in [0.25, 0.3) is 0 Å². The predicted molar refractivity (Wildman–Crippen MR) is 78.1 cm³/mol. The summed E-state index contributed by atoms with van der Waals surface area (Å²) >= 11 is 0. The van der Waals surface area contributed by atoms with Gasteiger partial charge in [0.25, 0.3) is 0 Å². The molecule has 6 N–H and O–H groups in total. The molecule has 0 aliphatic carbocycles. The van der Waals surface area contributed by atoms with Gasteiger partial charge in [0.1, 0.15) is 0 Å². The van der Waals surface area contributed by atoms with E-state index in [1.165, 1.54) is 16.4 Å². The molecule has 0 unspecified atom stereocenters. The molecular weight excluding hydrogens is 294 g/mol. The Bertz CT molecular complexity index is 602. The summed E-state index contributed by atoms with van der Waals surface area (Å²) in [6, 6.07) is 6.14. The summed E-state index contributed by atoms with van der Waals surface area (Å²) in [5.41, 5.74) is 5.14. The first-order valence-corrected chi connectivity index (χ1v) is 8.00. The van der Waals surface area contributed by atoms with Crippen LogP contribution in [-0.2, 0) is 14.8 Å². The molecule has 0 saturated carbocycles. The molecule has 0 aromatic heterocycles. The van der Waals surface area contributed by atoms with E-state index < -0.39 is 15.9 Å². The summed E-state index contributed by atoms with van der Waals surface area (Å²) in [5, 5.41) is 0. The van der Waals surface area contributed by atoms with Crippen LogP contribution in [0.2, 0.25) is 0 Å². The second kappa shape index (κ2) is 6.39. The van der Waals surface area contributed by atoms with Crippen molar-refractivity contribution in [2.24, 2.45) is 17.6 Å². The molecule has 8 nitrogen and oxygen atoms in total. The molecule has 21 heavy (non-hydrogen) atoms. The Morgan fingerprint density at radius 2 is 1.90 bits per heavy atom. The lowest BCUT2D eigenvalue weighted by Gasteiger charge is -2.30. The Kier molecular flexibility index (Phi) is 4.78. The van der Waals surface area contributed by atoms with E-state index in [0.29, 0.717) is 25.1 Å². The molecule has 2 rings (SSSR count).